The Labute approximate surface area is 195 Å². The molecule has 0 spiro atoms. The first-order chi connectivity index (χ1) is 15.6. The van der Waals surface area contributed by atoms with Gasteiger partial charge in [0.05, 0.1) is 5.69 Å². The minimum absolute atomic E-state index is 0.0612. The molecule has 1 aromatic carbocycles. The monoisotopic (exact) mass is 455 g/mol. The number of benzene rings is 1. The van der Waals surface area contributed by atoms with Gasteiger partial charge in [-0.3, -0.25) is 0 Å². The maximum Gasteiger partial charge on any atom is 0.410 e. The predicted octanol–water partition coefficient (Wildman–Crippen LogP) is 4.72. The van der Waals surface area contributed by atoms with Crippen LogP contribution in [-0.2, 0) is 4.74 Å². The average molecular weight is 456 g/mol. The SMILES string of the molecule is C[C@@H]1CN(C(=O)OC(C)(C)C)CCN1c1cc(-c2ccc(F)cc2)nc(N2CCC[C@H]2C)n1. The number of carbonyl (C=O) groups excluding carboxylic acids is 1. The van der Waals surface area contributed by atoms with Crippen LogP contribution in [0, 0.1) is 5.82 Å². The lowest BCUT2D eigenvalue weighted by atomic mass is 10.1. The average Bonchev–Trinajstić information content (AvgIpc) is 3.18. The molecule has 0 aliphatic carbocycles. The molecular formula is C25H34FN5O2. The first-order valence-corrected chi connectivity index (χ1v) is 11.8. The van der Waals surface area contributed by atoms with Crippen molar-refractivity contribution in [2.45, 2.75) is 65.1 Å². The molecule has 0 N–H and O–H groups in total. The van der Waals surface area contributed by atoms with Crippen LogP contribution in [0.4, 0.5) is 21.0 Å². The van der Waals surface area contributed by atoms with Crippen molar-refractivity contribution in [2.75, 3.05) is 36.0 Å². The van der Waals surface area contributed by atoms with E-state index in [2.05, 4.69) is 23.6 Å². The van der Waals surface area contributed by atoms with E-state index >= 15 is 0 Å². The molecule has 178 valence electrons. The van der Waals surface area contributed by atoms with Crippen molar-refractivity contribution in [3.8, 4) is 11.3 Å². The van der Waals surface area contributed by atoms with E-state index in [9.17, 15) is 9.18 Å². The Morgan fingerprint density at radius 3 is 2.36 bits per heavy atom. The maximum atomic E-state index is 13.5. The molecule has 0 bridgehead atoms. The van der Waals surface area contributed by atoms with Crippen LogP contribution in [0.2, 0.25) is 0 Å². The normalized spacial score (nSPS) is 21.5. The number of amides is 1. The maximum absolute atomic E-state index is 13.5. The molecule has 4 rings (SSSR count). The molecule has 3 heterocycles. The van der Waals surface area contributed by atoms with Gasteiger partial charge in [0, 0.05) is 49.9 Å². The standard InChI is InChI=1S/C25H34FN5O2/c1-17-7-6-12-31(17)23-27-21(19-8-10-20(26)11-9-19)15-22(28-23)30-14-13-29(16-18(30)2)24(32)33-25(3,4)5/h8-11,15,17-18H,6-7,12-14,16H2,1-5H3/t17-,18-/m1/s1. The Morgan fingerprint density at radius 1 is 1.03 bits per heavy atom. The van der Waals surface area contributed by atoms with Gasteiger partial charge in [0.2, 0.25) is 5.95 Å². The number of nitrogens with zero attached hydrogens (tertiary/aromatic N) is 5. The van der Waals surface area contributed by atoms with E-state index < -0.39 is 5.60 Å². The van der Waals surface area contributed by atoms with Gasteiger partial charge >= 0.3 is 6.09 Å². The molecule has 2 aliphatic heterocycles. The number of carbonyl (C=O) groups is 1. The first-order valence-electron chi connectivity index (χ1n) is 11.8. The van der Waals surface area contributed by atoms with Crippen molar-refractivity contribution in [3.05, 3.63) is 36.1 Å². The second-order valence-corrected chi connectivity index (χ2v) is 10.1. The molecule has 0 unspecified atom stereocenters. The van der Waals surface area contributed by atoms with Crippen LogP contribution in [-0.4, -0.2) is 64.8 Å². The number of aromatic nitrogens is 2. The van der Waals surface area contributed by atoms with Gasteiger partial charge in [-0.25, -0.2) is 14.2 Å². The summed E-state index contributed by atoms with van der Waals surface area (Å²) in [6.07, 6.45) is 1.95. The Morgan fingerprint density at radius 2 is 1.76 bits per heavy atom. The molecule has 2 aromatic rings. The Bertz CT molecular complexity index is 991. The first kappa shape index (κ1) is 23.3. The van der Waals surface area contributed by atoms with E-state index in [1.165, 1.54) is 12.1 Å². The van der Waals surface area contributed by atoms with E-state index in [-0.39, 0.29) is 18.0 Å². The van der Waals surface area contributed by atoms with Gasteiger partial charge in [-0.15, -0.1) is 0 Å². The zero-order valence-corrected chi connectivity index (χ0v) is 20.2. The van der Waals surface area contributed by atoms with Gasteiger partial charge in [-0.05, 0) is 71.7 Å². The largest absolute Gasteiger partial charge is 0.444 e. The molecule has 7 nitrogen and oxygen atoms in total. The van der Waals surface area contributed by atoms with Crippen molar-refractivity contribution >= 4 is 17.9 Å². The predicted molar refractivity (Wildman–Crippen MR) is 128 cm³/mol. The highest BCUT2D eigenvalue weighted by Gasteiger charge is 2.32. The summed E-state index contributed by atoms with van der Waals surface area (Å²) in [4.78, 5) is 28.6. The van der Waals surface area contributed by atoms with E-state index in [4.69, 9.17) is 14.7 Å². The smallest absolute Gasteiger partial charge is 0.410 e. The summed E-state index contributed by atoms with van der Waals surface area (Å²) in [5.74, 6) is 1.27. The summed E-state index contributed by atoms with van der Waals surface area (Å²) in [7, 11) is 0. The minimum atomic E-state index is -0.518. The molecule has 8 heteroatoms. The number of rotatable bonds is 3. The zero-order chi connectivity index (χ0) is 23.8. The second-order valence-electron chi connectivity index (χ2n) is 10.1. The van der Waals surface area contributed by atoms with Gasteiger partial charge in [-0.2, -0.15) is 4.98 Å². The summed E-state index contributed by atoms with van der Waals surface area (Å²) in [6.45, 7) is 12.6. The fourth-order valence-corrected chi connectivity index (χ4v) is 4.49. The van der Waals surface area contributed by atoms with Gasteiger partial charge < -0.3 is 19.4 Å². The van der Waals surface area contributed by atoms with Crippen molar-refractivity contribution < 1.29 is 13.9 Å². The van der Waals surface area contributed by atoms with Crippen LogP contribution >= 0.6 is 0 Å². The van der Waals surface area contributed by atoms with Crippen LogP contribution in [0.25, 0.3) is 11.3 Å². The highest BCUT2D eigenvalue weighted by molar-refractivity contribution is 5.69. The lowest BCUT2D eigenvalue weighted by Crippen LogP contribution is -2.55. The second kappa shape index (κ2) is 9.15. The molecule has 33 heavy (non-hydrogen) atoms. The summed E-state index contributed by atoms with van der Waals surface area (Å²) >= 11 is 0. The van der Waals surface area contributed by atoms with E-state index in [1.807, 2.05) is 26.8 Å². The van der Waals surface area contributed by atoms with Crippen LogP contribution in [0.5, 0.6) is 0 Å². The van der Waals surface area contributed by atoms with Crippen molar-refractivity contribution in [1.29, 1.82) is 0 Å². The zero-order valence-electron chi connectivity index (χ0n) is 20.2. The van der Waals surface area contributed by atoms with E-state index in [0.29, 0.717) is 31.6 Å². The van der Waals surface area contributed by atoms with Crippen molar-refractivity contribution in [2.24, 2.45) is 0 Å². The Kier molecular flexibility index (Phi) is 6.45. The Hall–Kier alpha value is -2.90. The number of piperazine rings is 1. The molecule has 1 aromatic heterocycles. The van der Waals surface area contributed by atoms with Gasteiger partial charge in [-0.1, -0.05) is 0 Å². The molecule has 2 fully saturated rings. The van der Waals surface area contributed by atoms with Crippen LogP contribution in [0.3, 0.4) is 0 Å². The third-order valence-electron chi connectivity index (χ3n) is 6.22. The van der Waals surface area contributed by atoms with Crippen molar-refractivity contribution in [3.63, 3.8) is 0 Å². The molecular weight excluding hydrogens is 421 g/mol. The quantitative estimate of drug-likeness (QED) is 0.668. The molecule has 2 saturated heterocycles. The number of anilines is 2. The van der Waals surface area contributed by atoms with Gasteiger partial charge in [0.25, 0.3) is 0 Å². The summed E-state index contributed by atoms with van der Waals surface area (Å²) < 4.78 is 19.1. The molecule has 0 saturated carbocycles. The highest BCUT2D eigenvalue weighted by Crippen LogP contribution is 2.30. The van der Waals surface area contributed by atoms with E-state index in [1.54, 1.807) is 17.0 Å². The number of hydrogen-bond donors (Lipinski definition) is 0. The molecule has 1 amide bonds. The lowest BCUT2D eigenvalue weighted by Gasteiger charge is -2.41. The third kappa shape index (κ3) is 5.37. The lowest BCUT2D eigenvalue weighted by molar-refractivity contribution is 0.0218. The number of ether oxygens (including phenoxy) is 1. The van der Waals surface area contributed by atoms with E-state index in [0.717, 1.165) is 36.5 Å². The Balaban J connectivity index is 1.62. The minimum Gasteiger partial charge on any atom is -0.444 e. The third-order valence-corrected chi connectivity index (χ3v) is 6.22. The summed E-state index contributed by atoms with van der Waals surface area (Å²) in [6, 6.07) is 8.82. The molecule has 2 atom stereocenters. The number of halogens is 1. The fourth-order valence-electron chi connectivity index (χ4n) is 4.49. The van der Waals surface area contributed by atoms with Gasteiger partial charge in [0.1, 0.15) is 17.2 Å². The van der Waals surface area contributed by atoms with Crippen LogP contribution in [0.15, 0.2) is 30.3 Å². The van der Waals surface area contributed by atoms with Crippen molar-refractivity contribution in [1.82, 2.24) is 14.9 Å². The molecule has 0 radical (unpaired) electrons. The van der Waals surface area contributed by atoms with Crippen LogP contribution in [0.1, 0.15) is 47.5 Å². The highest BCUT2D eigenvalue weighted by atomic mass is 19.1. The number of hydrogen-bond acceptors (Lipinski definition) is 6. The molecule has 2 aliphatic rings. The van der Waals surface area contributed by atoms with Crippen LogP contribution < -0.4 is 9.80 Å². The van der Waals surface area contributed by atoms with Gasteiger partial charge in [0.15, 0.2) is 0 Å². The fraction of sp³-hybridized carbons (Fsp3) is 0.560. The topological polar surface area (TPSA) is 61.8 Å². The summed E-state index contributed by atoms with van der Waals surface area (Å²) in [5, 5.41) is 0. The summed E-state index contributed by atoms with van der Waals surface area (Å²) in [5.41, 5.74) is 1.11.